The Kier molecular flexibility index (Phi) is 6.05. The van der Waals surface area contributed by atoms with Gasteiger partial charge in [-0.1, -0.05) is 30.3 Å². The van der Waals surface area contributed by atoms with Crippen molar-refractivity contribution in [2.75, 3.05) is 20.8 Å². The highest BCUT2D eigenvalue weighted by Gasteiger charge is 2.43. The van der Waals surface area contributed by atoms with Gasteiger partial charge in [0.15, 0.2) is 0 Å². The van der Waals surface area contributed by atoms with Gasteiger partial charge >= 0.3 is 0 Å². The van der Waals surface area contributed by atoms with E-state index in [1.165, 1.54) is 5.56 Å². The van der Waals surface area contributed by atoms with Crippen LogP contribution in [0.25, 0.3) is 0 Å². The second kappa shape index (κ2) is 8.30. The van der Waals surface area contributed by atoms with Crippen molar-refractivity contribution in [1.29, 1.82) is 0 Å². The second-order valence-electron chi connectivity index (χ2n) is 7.54. The Balaban J connectivity index is 1.82. The van der Waals surface area contributed by atoms with Crippen LogP contribution in [-0.2, 0) is 11.2 Å². The summed E-state index contributed by atoms with van der Waals surface area (Å²) in [6, 6.07) is 15.7. The quantitative estimate of drug-likeness (QED) is 0.783. The molecule has 1 heterocycles. The zero-order valence-corrected chi connectivity index (χ0v) is 16.4. The number of hydrogen-bond donors (Lipinski definition) is 2. The van der Waals surface area contributed by atoms with Crippen LogP contribution >= 0.6 is 0 Å². The summed E-state index contributed by atoms with van der Waals surface area (Å²) in [5.41, 5.74) is 1.48. The van der Waals surface area contributed by atoms with Crippen LogP contribution in [0, 0.1) is 0 Å². The molecular weight excluding hydrogens is 342 g/mol. The van der Waals surface area contributed by atoms with Crippen LogP contribution in [0.5, 0.6) is 11.5 Å². The largest absolute Gasteiger partial charge is 0.497 e. The number of methoxy groups -OCH3 is 2. The summed E-state index contributed by atoms with van der Waals surface area (Å²) < 4.78 is 16.7. The van der Waals surface area contributed by atoms with Gasteiger partial charge in [0.1, 0.15) is 23.2 Å². The molecule has 0 amide bonds. The molecule has 0 spiro atoms. The van der Waals surface area contributed by atoms with Crippen LogP contribution in [0.15, 0.2) is 48.5 Å². The predicted octanol–water partition coefficient (Wildman–Crippen LogP) is 3.12. The summed E-state index contributed by atoms with van der Waals surface area (Å²) in [6.07, 6.45) is 0.104. The third-order valence-electron chi connectivity index (χ3n) is 5.08. The van der Waals surface area contributed by atoms with E-state index in [0.717, 1.165) is 23.5 Å². The van der Waals surface area contributed by atoms with Crippen molar-refractivity contribution in [2.45, 2.75) is 44.1 Å². The first kappa shape index (κ1) is 19.7. The van der Waals surface area contributed by atoms with E-state index in [1.807, 2.05) is 50.2 Å². The number of para-hydroxylation sites is 1. The lowest BCUT2D eigenvalue weighted by Crippen LogP contribution is -2.55. The van der Waals surface area contributed by atoms with Gasteiger partial charge in [-0.2, -0.15) is 0 Å². The first-order valence-electron chi connectivity index (χ1n) is 9.28. The van der Waals surface area contributed by atoms with Gasteiger partial charge < -0.3 is 24.6 Å². The maximum Gasteiger partial charge on any atom is 0.131 e. The van der Waals surface area contributed by atoms with Crippen molar-refractivity contribution in [3.05, 3.63) is 59.7 Å². The lowest BCUT2D eigenvalue weighted by atomic mass is 9.86. The molecule has 0 bridgehead atoms. The second-order valence-corrected chi connectivity index (χ2v) is 7.54. The lowest BCUT2D eigenvalue weighted by Gasteiger charge is -2.43. The van der Waals surface area contributed by atoms with Crippen molar-refractivity contribution in [3.8, 4) is 11.5 Å². The number of aliphatic hydroxyl groups is 1. The van der Waals surface area contributed by atoms with Gasteiger partial charge in [-0.25, -0.2) is 0 Å². The minimum atomic E-state index is -0.678. The molecule has 5 nitrogen and oxygen atoms in total. The highest BCUT2D eigenvalue weighted by atomic mass is 16.5. The first-order valence-corrected chi connectivity index (χ1v) is 9.28. The average molecular weight is 371 g/mol. The van der Waals surface area contributed by atoms with Gasteiger partial charge in [0.25, 0.3) is 0 Å². The Morgan fingerprint density at radius 2 is 1.81 bits per heavy atom. The van der Waals surface area contributed by atoms with Gasteiger partial charge in [-0.3, -0.25) is 0 Å². The molecule has 1 aliphatic heterocycles. The zero-order valence-electron chi connectivity index (χ0n) is 16.4. The zero-order chi connectivity index (χ0) is 19.4. The topological polar surface area (TPSA) is 60.0 Å². The van der Waals surface area contributed by atoms with Crippen molar-refractivity contribution in [2.24, 2.45) is 0 Å². The molecule has 0 radical (unpaired) electrons. The van der Waals surface area contributed by atoms with Crippen LogP contribution in [0.2, 0.25) is 0 Å². The third-order valence-corrected chi connectivity index (χ3v) is 5.08. The molecule has 146 valence electrons. The van der Waals surface area contributed by atoms with Crippen molar-refractivity contribution in [1.82, 2.24) is 5.32 Å². The van der Waals surface area contributed by atoms with E-state index in [2.05, 4.69) is 17.4 Å². The number of nitrogens with one attached hydrogen (secondary N) is 1. The Morgan fingerprint density at radius 3 is 2.48 bits per heavy atom. The molecule has 5 heteroatoms. The molecule has 0 aromatic heterocycles. The van der Waals surface area contributed by atoms with Gasteiger partial charge in [0.2, 0.25) is 0 Å². The standard InChI is InChI=1S/C22H29NO4/c1-22(2)21(24)20(18-7-5-6-8-19(18)27-22)23-16(14-25-3)13-15-9-11-17(26-4)12-10-15/h5-12,16,20-21,23-24H,13-14H2,1-4H3. The number of ether oxygens (including phenoxy) is 3. The number of aliphatic hydroxyl groups excluding tert-OH is 1. The van der Waals surface area contributed by atoms with Crippen LogP contribution in [0.4, 0.5) is 0 Å². The maximum atomic E-state index is 11.0. The number of hydrogen-bond acceptors (Lipinski definition) is 5. The van der Waals surface area contributed by atoms with Gasteiger partial charge in [-0.15, -0.1) is 0 Å². The molecule has 2 N–H and O–H groups in total. The van der Waals surface area contributed by atoms with Crippen LogP contribution in [-0.4, -0.2) is 43.7 Å². The Bertz CT molecular complexity index is 744. The van der Waals surface area contributed by atoms with Gasteiger partial charge in [0.05, 0.1) is 19.8 Å². The molecule has 3 atom stereocenters. The van der Waals surface area contributed by atoms with E-state index in [9.17, 15) is 5.11 Å². The molecule has 3 unspecified atom stereocenters. The summed E-state index contributed by atoms with van der Waals surface area (Å²) in [7, 11) is 3.36. The third kappa shape index (κ3) is 4.43. The number of rotatable bonds is 7. The molecule has 1 aliphatic rings. The fourth-order valence-electron chi connectivity index (χ4n) is 3.59. The van der Waals surface area contributed by atoms with E-state index < -0.39 is 11.7 Å². The van der Waals surface area contributed by atoms with Crippen molar-refractivity contribution in [3.63, 3.8) is 0 Å². The molecule has 2 aromatic rings. The molecular formula is C22H29NO4. The Hall–Kier alpha value is -2.08. The van der Waals surface area contributed by atoms with Gasteiger partial charge in [0, 0.05) is 18.7 Å². The highest BCUT2D eigenvalue weighted by molar-refractivity contribution is 5.40. The fraction of sp³-hybridized carbons (Fsp3) is 0.455. The van der Waals surface area contributed by atoms with E-state index >= 15 is 0 Å². The summed E-state index contributed by atoms with van der Waals surface area (Å²) >= 11 is 0. The molecule has 3 rings (SSSR count). The first-order chi connectivity index (χ1) is 12.9. The number of fused-ring (bicyclic) bond motifs is 1. The summed E-state index contributed by atoms with van der Waals surface area (Å²) in [5, 5.41) is 14.6. The minimum Gasteiger partial charge on any atom is -0.497 e. The molecule has 0 aliphatic carbocycles. The van der Waals surface area contributed by atoms with Gasteiger partial charge in [-0.05, 0) is 44.0 Å². The molecule has 0 saturated heterocycles. The Labute approximate surface area is 161 Å². The number of benzene rings is 2. The summed E-state index contributed by atoms with van der Waals surface area (Å²) in [4.78, 5) is 0. The SMILES string of the molecule is COCC(Cc1ccc(OC)cc1)NC1c2ccccc2OC(C)(C)C1O. The minimum absolute atomic E-state index is 0.0463. The monoisotopic (exact) mass is 371 g/mol. The summed E-state index contributed by atoms with van der Waals surface area (Å²) in [5.74, 6) is 1.65. The van der Waals surface area contributed by atoms with Crippen LogP contribution in [0.1, 0.15) is 31.0 Å². The maximum absolute atomic E-state index is 11.0. The summed E-state index contributed by atoms with van der Waals surface area (Å²) in [6.45, 7) is 4.37. The molecule has 2 aromatic carbocycles. The molecule has 27 heavy (non-hydrogen) atoms. The van der Waals surface area contributed by atoms with Crippen molar-refractivity contribution < 1.29 is 19.3 Å². The van der Waals surface area contributed by atoms with E-state index in [1.54, 1.807) is 14.2 Å². The molecule has 0 saturated carbocycles. The fourth-order valence-corrected chi connectivity index (χ4v) is 3.59. The molecule has 0 fully saturated rings. The van der Waals surface area contributed by atoms with Crippen LogP contribution < -0.4 is 14.8 Å². The Morgan fingerprint density at radius 1 is 1.11 bits per heavy atom. The lowest BCUT2D eigenvalue weighted by molar-refractivity contribution is -0.0678. The normalized spacial score (nSPS) is 21.8. The van der Waals surface area contributed by atoms with E-state index in [4.69, 9.17) is 14.2 Å². The van der Waals surface area contributed by atoms with E-state index in [-0.39, 0.29) is 12.1 Å². The smallest absolute Gasteiger partial charge is 0.131 e. The van der Waals surface area contributed by atoms with Crippen molar-refractivity contribution >= 4 is 0 Å². The average Bonchev–Trinajstić information content (AvgIpc) is 2.66. The highest BCUT2D eigenvalue weighted by Crippen LogP contribution is 2.39. The predicted molar refractivity (Wildman–Crippen MR) is 105 cm³/mol. The van der Waals surface area contributed by atoms with Crippen LogP contribution in [0.3, 0.4) is 0 Å². The van der Waals surface area contributed by atoms with E-state index in [0.29, 0.717) is 6.61 Å².